The maximum atomic E-state index is 13.5. The molecule has 1 amide bonds. The van der Waals surface area contributed by atoms with Crippen molar-refractivity contribution in [1.82, 2.24) is 5.32 Å². The molecule has 0 radical (unpaired) electrons. The molecule has 0 spiro atoms. The summed E-state index contributed by atoms with van der Waals surface area (Å²) in [7, 11) is 0. The number of hydrogen-bond acceptors (Lipinski definition) is 2. The van der Waals surface area contributed by atoms with Crippen LogP contribution in [0.5, 0.6) is 0 Å². The molecule has 0 aliphatic heterocycles. The molecule has 3 N–H and O–H groups in total. The van der Waals surface area contributed by atoms with Gasteiger partial charge in [-0.25, -0.2) is 4.39 Å². The minimum atomic E-state index is -0.536. The molecule has 0 fully saturated rings. The standard InChI is InChI=1S/C11H14ClFN2O/c1-6(15-7(2)11(14)16)10-8(12)4-3-5-9(10)13/h3-7,15H,1-2H3,(H2,14,16)/t6-,7-/m0/s1. The summed E-state index contributed by atoms with van der Waals surface area (Å²) < 4.78 is 13.5. The van der Waals surface area contributed by atoms with Crippen molar-refractivity contribution in [3.8, 4) is 0 Å². The second-order valence-corrected chi connectivity index (χ2v) is 4.05. The van der Waals surface area contributed by atoms with E-state index in [1.807, 2.05) is 0 Å². The summed E-state index contributed by atoms with van der Waals surface area (Å²) in [5.41, 5.74) is 5.45. The number of rotatable bonds is 4. The van der Waals surface area contributed by atoms with Gasteiger partial charge in [0.25, 0.3) is 0 Å². The average Bonchev–Trinajstić information content (AvgIpc) is 2.16. The number of halogens is 2. The number of benzene rings is 1. The van der Waals surface area contributed by atoms with E-state index in [4.69, 9.17) is 17.3 Å². The zero-order valence-corrected chi connectivity index (χ0v) is 9.88. The van der Waals surface area contributed by atoms with Crippen molar-refractivity contribution in [3.05, 3.63) is 34.6 Å². The lowest BCUT2D eigenvalue weighted by atomic mass is 10.1. The Morgan fingerprint density at radius 1 is 1.50 bits per heavy atom. The monoisotopic (exact) mass is 244 g/mol. The highest BCUT2D eigenvalue weighted by Crippen LogP contribution is 2.25. The maximum Gasteiger partial charge on any atom is 0.234 e. The van der Waals surface area contributed by atoms with Gasteiger partial charge in [0.2, 0.25) is 5.91 Å². The molecule has 88 valence electrons. The second-order valence-electron chi connectivity index (χ2n) is 3.65. The van der Waals surface area contributed by atoms with E-state index < -0.39 is 17.8 Å². The Kier molecular flexibility index (Phi) is 4.26. The van der Waals surface area contributed by atoms with Gasteiger partial charge in [-0.3, -0.25) is 10.1 Å². The summed E-state index contributed by atoms with van der Waals surface area (Å²) in [5, 5.41) is 3.21. The summed E-state index contributed by atoms with van der Waals surface area (Å²) >= 11 is 5.89. The Labute approximate surface area is 98.8 Å². The highest BCUT2D eigenvalue weighted by Gasteiger charge is 2.18. The quantitative estimate of drug-likeness (QED) is 0.851. The summed E-state index contributed by atoms with van der Waals surface area (Å²) in [6, 6.07) is 3.55. The molecular weight excluding hydrogens is 231 g/mol. The predicted octanol–water partition coefficient (Wildman–Crippen LogP) is 2.00. The molecule has 1 rings (SSSR count). The van der Waals surface area contributed by atoms with Crippen LogP contribution in [0.15, 0.2) is 18.2 Å². The first kappa shape index (κ1) is 12.9. The lowest BCUT2D eigenvalue weighted by molar-refractivity contribution is -0.119. The van der Waals surface area contributed by atoms with E-state index >= 15 is 0 Å². The van der Waals surface area contributed by atoms with E-state index in [0.717, 1.165) is 0 Å². The van der Waals surface area contributed by atoms with Gasteiger partial charge in [-0.15, -0.1) is 0 Å². The van der Waals surface area contributed by atoms with Crippen molar-refractivity contribution in [2.75, 3.05) is 0 Å². The molecule has 0 saturated carbocycles. The van der Waals surface area contributed by atoms with Gasteiger partial charge in [0, 0.05) is 16.6 Å². The molecule has 0 aliphatic rings. The van der Waals surface area contributed by atoms with Gasteiger partial charge in [-0.05, 0) is 26.0 Å². The molecule has 16 heavy (non-hydrogen) atoms. The number of amides is 1. The van der Waals surface area contributed by atoms with E-state index in [9.17, 15) is 9.18 Å². The van der Waals surface area contributed by atoms with Gasteiger partial charge in [0.15, 0.2) is 0 Å². The fraction of sp³-hybridized carbons (Fsp3) is 0.364. The van der Waals surface area contributed by atoms with Crippen LogP contribution in [0.3, 0.4) is 0 Å². The largest absolute Gasteiger partial charge is 0.368 e. The Morgan fingerprint density at radius 3 is 2.62 bits per heavy atom. The molecule has 5 heteroatoms. The zero-order chi connectivity index (χ0) is 12.3. The molecule has 1 aromatic carbocycles. The van der Waals surface area contributed by atoms with Gasteiger partial charge in [0.05, 0.1) is 6.04 Å². The van der Waals surface area contributed by atoms with Crippen LogP contribution in [0, 0.1) is 5.82 Å². The fourth-order valence-corrected chi connectivity index (χ4v) is 1.79. The number of hydrogen-bond donors (Lipinski definition) is 2. The third-order valence-corrected chi connectivity index (χ3v) is 2.69. The zero-order valence-electron chi connectivity index (χ0n) is 9.13. The Hall–Kier alpha value is -1.13. The van der Waals surface area contributed by atoms with E-state index in [1.54, 1.807) is 19.9 Å². The van der Waals surface area contributed by atoms with Crippen LogP contribution in [0.2, 0.25) is 5.02 Å². The van der Waals surface area contributed by atoms with Gasteiger partial charge in [-0.2, -0.15) is 0 Å². The van der Waals surface area contributed by atoms with Crippen molar-refractivity contribution in [1.29, 1.82) is 0 Å². The van der Waals surface area contributed by atoms with Gasteiger partial charge < -0.3 is 5.73 Å². The number of carbonyl (C=O) groups excluding carboxylic acids is 1. The minimum Gasteiger partial charge on any atom is -0.368 e. The van der Waals surface area contributed by atoms with E-state index in [0.29, 0.717) is 10.6 Å². The topological polar surface area (TPSA) is 55.1 Å². The van der Waals surface area contributed by atoms with Crippen molar-refractivity contribution < 1.29 is 9.18 Å². The second kappa shape index (κ2) is 5.27. The van der Waals surface area contributed by atoms with Gasteiger partial charge in [-0.1, -0.05) is 17.7 Å². The number of carbonyl (C=O) groups is 1. The van der Waals surface area contributed by atoms with E-state index in [-0.39, 0.29) is 6.04 Å². The minimum absolute atomic E-state index is 0.330. The Balaban J connectivity index is 2.88. The molecule has 0 aromatic heterocycles. The van der Waals surface area contributed by atoms with Gasteiger partial charge >= 0.3 is 0 Å². The van der Waals surface area contributed by atoms with E-state index in [2.05, 4.69) is 5.32 Å². The number of primary amides is 1. The van der Waals surface area contributed by atoms with Crippen LogP contribution >= 0.6 is 11.6 Å². The van der Waals surface area contributed by atoms with Crippen LogP contribution in [0.1, 0.15) is 25.5 Å². The van der Waals surface area contributed by atoms with Crippen LogP contribution in [0.25, 0.3) is 0 Å². The highest BCUT2D eigenvalue weighted by molar-refractivity contribution is 6.31. The van der Waals surface area contributed by atoms with Gasteiger partial charge in [0.1, 0.15) is 5.82 Å². The summed E-state index contributed by atoms with van der Waals surface area (Å²) in [6.07, 6.45) is 0. The van der Waals surface area contributed by atoms with Crippen LogP contribution in [-0.4, -0.2) is 11.9 Å². The van der Waals surface area contributed by atoms with Crippen LogP contribution in [0.4, 0.5) is 4.39 Å². The third-order valence-electron chi connectivity index (χ3n) is 2.36. The fourth-order valence-electron chi connectivity index (χ4n) is 1.46. The van der Waals surface area contributed by atoms with E-state index in [1.165, 1.54) is 12.1 Å². The Bertz CT molecular complexity index is 377. The Morgan fingerprint density at radius 2 is 2.12 bits per heavy atom. The molecule has 2 atom stereocenters. The summed E-state index contributed by atoms with van der Waals surface area (Å²) in [4.78, 5) is 10.9. The third kappa shape index (κ3) is 2.93. The first-order chi connectivity index (χ1) is 7.43. The lowest BCUT2D eigenvalue weighted by Crippen LogP contribution is -2.40. The van der Waals surface area contributed by atoms with Crippen LogP contribution in [-0.2, 0) is 4.79 Å². The molecular formula is C11H14ClFN2O. The first-order valence-electron chi connectivity index (χ1n) is 4.92. The van der Waals surface area contributed by atoms with Crippen molar-refractivity contribution in [3.63, 3.8) is 0 Å². The highest BCUT2D eigenvalue weighted by atomic mass is 35.5. The molecule has 1 aromatic rings. The predicted molar refractivity (Wildman–Crippen MR) is 61.6 cm³/mol. The lowest BCUT2D eigenvalue weighted by Gasteiger charge is -2.19. The van der Waals surface area contributed by atoms with Crippen LogP contribution < -0.4 is 11.1 Å². The molecule has 0 unspecified atom stereocenters. The average molecular weight is 245 g/mol. The van der Waals surface area contributed by atoms with Crippen molar-refractivity contribution in [2.24, 2.45) is 5.73 Å². The molecule has 0 bridgehead atoms. The first-order valence-corrected chi connectivity index (χ1v) is 5.30. The summed E-state index contributed by atoms with van der Waals surface area (Å²) in [6.45, 7) is 3.34. The van der Waals surface area contributed by atoms with Crippen molar-refractivity contribution >= 4 is 17.5 Å². The molecule has 0 aliphatic carbocycles. The SMILES string of the molecule is C[C@H](N[C@@H](C)c1c(F)cccc1Cl)C(N)=O. The maximum absolute atomic E-state index is 13.5. The molecule has 0 heterocycles. The number of nitrogens with one attached hydrogen (secondary N) is 1. The number of nitrogens with two attached hydrogens (primary N) is 1. The smallest absolute Gasteiger partial charge is 0.234 e. The molecule has 3 nitrogen and oxygen atoms in total. The summed E-state index contributed by atoms with van der Waals surface area (Å²) in [5.74, 6) is -0.886. The van der Waals surface area contributed by atoms with Crippen molar-refractivity contribution in [2.45, 2.75) is 25.9 Å². The normalized spacial score (nSPS) is 14.5. The molecule has 0 saturated heterocycles.